The summed E-state index contributed by atoms with van der Waals surface area (Å²) >= 11 is 0. The highest BCUT2D eigenvalue weighted by Gasteiger charge is 2.31. The second-order valence-electron chi connectivity index (χ2n) is 5.53. The van der Waals surface area contributed by atoms with Crippen molar-refractivity contribution in [3.8, 4) is 0 Å². The van der Waals surface area contributed by atoms with Gasteiger partial charge in [0.15, 0.2) is 0 Å². The van der Waals surface area contributed by atoms with E-state index in [1.807, 2.05) is 6.92 Å². The Morgan fingerprint density at radius 1 is 1.35 bits per heavy atom. The smallest absolute Gasteiger partial charge is 0.238 e. The average Bonchev–Trinajstić information content (AvgIpc) is 2.35. The van der Waals surface area contributed by atoms with Gasteiger partial charge in [-0.2, -0.15) is 0 Å². The summed E-state index contributed by atoms with van der Waals surface area (Å²) in [6.07, 6.45) is 5.21. The van der Waals surface area contributed by atoms with E-state index in [-0.39, 0.29) is 17.9 Å². The van der Waals surface area contributed by atoms with Gasteiger partial charge in [-0.3, -0.25) is 15.1 Å². The lowest BCUT2D eigenvalue weighted by Gasteiger charge is -2.41. The molecule has 1 aliphatic rings. The molecule has 1 rings (SSSR count). The molecule has 4 nitrogen and oxygen atoms in total. The van der Waals surface area contributed by atoms with Crippen LogP contribution in [0.15, 0.2) is 0 Å². The summed E-state index contributed by atoms with van der Waals surface area (Å²) in [5.74, 6) is 5.78. The summed E-state index contributed by atoms with van der Waals surface area (Å²) in [4.78, 5) is 13.9. The number of hydrogen-bond donors (Lipinski definition) is 2. The number of amides is 1. The van der Waals surface area contributed by atoms with Gasteiger partial charge in [-0.15, -0.1) is 0 Å². The van der Waals surface area contributed by atoms with Crippen LogP contribution in [0.25, 0.3) is 0 Å². The van der Waals surface area contributed by atoms with Gasteiger partial charge in [0, 0.05) is 12.1 Å². The van der Waals surface area contributed by atoms with Crippen LogP contribution in [0.2, 0.25) is 0 Å². The third-order valence-corrected chi connectivity index (χ3v) is 4.51. The first-order chi connectivity index (χ1) is 7.99. The summed E-state index contributed by atoms with van der Waals surface area (Å²) in [6, 6.07) is 0.830. The fourth-order valence-corrected chi connectivity index (χ4v) is 2.91. The lowest BCUT2D eigenvalue weighted by atomic mass is 9.83. The number of hydrazine groups is 1. The zero-order valence-electron chi connectivity index (χ0n) is 11.6. The molecule has 0 aliphatic heterocycles. The molecule has 0 bridgehead atoms. The van der Waals surface area contributed by atoms with Crippen LogP contribution in [-0.2, 0) is 4.79 Å². The molecule has 1 fully saturated rings. The van der Waals surface area contributed by atoms with Crippen molar-refractivity contribution in [3.05, 3.63) is 0 Å². The highest BCUT2D eigenvalue weighted by Crippen LogP contribution is 2.29. The number of nitrogens with two attached hydrogens (primary N) is 1. The van der Waals surface area contributed by atoms with Crippen molar-refractivity contribution >= 4 is 5.91 Å². The van der Waals surface area contributed by atoms with Gasteiger partial charge in [0.05, 0.1) is 5.92 Å². The molecule has 4 heteroatoms. The molecule has 17 heavy (non-hydrogen) atoms. The summed E-state index contributed by atoms with van der Waals surface area (Å²) < 4.78 is 0. The van der Waals surface area contributed by atoms with Gasteiger partial charge in [0.1, 0.15) is 0 Å². The van der Waals surface area contributed by atoms with Crippen molar-refractivity contribution < 1.29 is 4.79 Å². The van der Waals surface area contributed by atoms with E-state index >= 15 is 0 Å². The standard InChI is InChI=1S/C13H27N3O/c1-9-7-5-6-8-12(9)16(4)11(3)10(2)13(17)15-14/h9-12H,5-8,14H2,1-4H3,(H,15,17). The minimum atomic E-state index is -0.0761. The van der Waals surface area contributed by atoms with Gasteiger partial charge in [-0.25, -0.2) is 5.84 Å². The van der Waals surface area contributed by atoms with Gasteiger partial charge in [-0.1, -0.05) is 26.7 Å². The summed E-state index contributed by atoms with van der Waals surface area (Å²) in [5.41, 5.74) is 2.25. The van der Waals surface area contributed by atoms with E-state index in [1.54, 1.807) is 0 Å². The highest BCUT2D eigenvalue weighted by molar-refractivity contribution is 5.78. The molecule has 0 saturated heterocycles. The SMILES string of the molecule is CC1CCCCC1N(C)C(C)C(C)C(=O)NN. The van der Waals surface area contributed by atoms with E-state index in [0.717, 1.165) is 5.92 Å². The Morgan fingerprint density at radius 2 is 1.94 bits per heavy atom. The molecule has 1 amide bonds. The lowest BCUT2D eigenvalue weighted by molar-refractivity contribution is -0.126. The predicted molar refractivity (Wildman–Crippen MR) is 70.1 cm³/mol. The maximum atomic E-state index is 11.6. The van der Waals surface area contributed by atoms with E-state index in [2.05, 4.69) is 31.2 Å². The Morgan fingerprint density at radius 3 is 2.47 bits per heavy atom. The van der Waals surface area contributed by atoms with E-state index < -0.39 is 0 Å². The van der Waals surface area contributed by atoms with Crippen molar-refractivity contribution in [1.29, 1.82) is 0 Å². The Bertz CT molecular complexity index is 257. The van der Waals surface area contributed by atoms with Crippen LogP contribution in [0.3, 0.4) is 0 Å². The van der Waals surface area contributed by atoms with Crippen LogP contribution in [0.5, 0.6) is 0 Å². The third kappa shape index (κ3) is 3.42. The van der Waals surface area contributed by atoms with E-state index in [1.165, 1.54) is 25.7 Å². The topological polar surface area (TPSA) is 58.4 Å². The molecule has 4 unspecified atom stereocenters. The minimum Gasteiger partial charge on any atom is -0.300 e. The molecule has 4 atom stereocenters. The molecule has 0 heterocycles. The van der Waals surface area contributed by atoms with Crippen LogP contribution >= 0.6 is 0 Å². The van der Waals surface area contributed by atoms with Crippen LogP contribution in [0.1, 0.15) is 46.5 Å². The number of carbonyl (C=O) groups excluding carboxylic acids is 1. The van der Waals surface area contributed by atoms with E-state index in [4.69, 9.17) is 5.84 Å². The maximum Gasteiger partial charge on any atom is 0.238 e. The molecule has 0 radical (unpaired) electrons. The number of nitrogens with zero attached hydrogens (tertiary/aromatic N) is 1. The lowest BCUT2D eigenvalue weighted by Crippen LogP contribution is -2.50. The molecule has 1 aliphatic carbocycles. The van der Waals surface area contributed by atoms with Crippen molar-refractivity contribution in [2.24, 2.45) is 17.7 Å². The van der Waals surface area contributed by atoms with E-state index in [9.17, 15) is 4.79 Å². The number of nitrogens with one attached hydrogen (secondary N) is 1. The molecular formula is C13H27N3O. The van der Waals surface area contributed by atoms with Crippen molar-refractivity contribution in [3.63, 3.8) is 0 Å². The van der Waals surface area contributed by atoms with Gasteiger partial charge in [0.2, 0.25) is 5.91 Å². The predicted octanol–water partition coefficient (Wildman–Crippen LogP) is 1.51. The monoisotopic (exact) mass is 241 g/mol. The zero-order chi connectivity index (χ0) is 13.0. The summed E-state index contributed by atoms with van der Waals surface area (Å²) in [7, 11) is 2.14. The summed E-state index contributed by atoms with van der Waals surface area (Å²) in [6.45, 7) is 6.37. The Balaban J connectivity index is 2.61. The van der Waals surface area contributed by atoms with Crippen molar-refractivity contribution in [2.45, 2.75) is 58.5 Å². The fraction of sp³-hybridized carbons (Fsp3) is 0.923. The highest BCUT2D eigenvalue weighted by atomic mass is 16.2. The van der Waals surface area contributed by atoms with E-state index in [0.29, 0.717) is 6.04 Å². The first-order valence-electron chi connectivity index (χ1n) is 6.71. The van der Waals surface area contributed by atoms with Crippen LogP contribution in [0.4, 0.5) is 0 Å². The molecule has 100 valence electrons. The fourth-order valence-electron chi connectivity index (χ4n) is 2.91. The van der Waals surface area contributed by atoms with Crippen LogP contribution in [0, 0.1) is 11.8 Å². The van der Waals surface area contributed by atoms with Gasteiger partial charge < -0.3 is 0 Å². The number of rotatable bonds is 4. The van der Waals surface area contributed by atoms with Crippen molar-refractivity contribution in [2.75, 3.05) is 7.05 Å². The number of hydrogen-bond acceptors (Lipinski definition) is 3. The zero-order valence-corrected chi connectivity index (χ0v) is 11.6. The largest absolute Gasteiger partial charge is 0.300 e. The Kier molecular flexibility index (Phi) is 5.40. The van der Waals surface area contributed by atoms with Gasteiger partial charge >= 0.3 is 0 Å². The second kappa shape index (κ2) is 6.36. The Labute approximate surface area is 105 Å². The van der Waals surface area contributed by atoms with Crippen molar-refractivity contribution in [1.82, 2.24) is 10.3 Å². The van der Waals surface area contributed by atoms with Crippen LogP contribution in [-0.4, -0.2) is 29.9 Å². The first kappa shape index (κ1) is 14.5. The normalized spacial score (nSPS) is 28.8. The molecule has 0 aromatic rings. The molecule has 3 N–H and O–H groups in total. The average molecular weight is 241 g/mol. The molecule has 0 aromatic carbocycles. The molecule has 1 saturated carbocycles. The third-order valence-electron chi connectivity index (χ3n) is 4.51. The number of carbonyl (C=O) groups is 1. The first-order valence-corrected chi connectivity index (χ1v) is 6.71. The molecule has 0 aromatic heterocycles. The minimum absolute atomic E-state index is 0.0703. The Hall–Kier alpha value is -0.610. The second-order valence-corrected chi connectivity index (χ2v) is 5.53. The maximum absolute atomic E-state index is 11.6. The molecular weight excluding hydrogens is 214 g/mol. The quantitative estimate of drug-likeness (QED) is 0.445. The van der Waals surface area contributed by atoms with Gasteiger partial charge in [0.25, 0.3) is 0 Å². The molecule has 0 spiro atoms. The summed E-state index contributed by atoms with van der Waals surface area (Å²) in [5, 5.41) is 0. The van der Waals surface area contributed by atoms with Gasteiger partial charge in [-0.05, 0) is 32.7 Å². The van der Waals surface area contributed by atoms with Crippen LogP contribution < -0.4 is 11.3 Å².